The molecule has 12 heavy (non-hydrogen) atoms. The van der Waals surface area contributed by atoms with Crippen molar-refractivity contribution in [2.45, 2.75) is 6.54 Å². The van der Waals surface area contributed by atoms with Crippen molar-refractivity contribution in [2.75, 3.05) is 0 Å². The van der Waals surface area contributed by atoms with E-state index in [9.17, 15) is 4.79 Å². The van der Waals surface area contributed by atoms with E-state index in [0.29, 0.717) is 5.69 Å². The third-order valence-corrected chi connectivity index (χ3v) is 1.62. The smallest absolute Gasteiger partial charge is 0.237 e. The molecule has 4 nitrogen and oxygen atoms in total. The van der Waals surface area contributed by atoms with Gasteiger partial charge in [-0.15, -0.1) is 0 Å². The first-order valence-electron chi connectivity index (χ1n) is 3.34. The van der Waals surface area contributed by atoms with Gasteiger partial charge >= 0.3 is 0 Å². The summed E-state index contributed by atoms with van der Waals surface area (Å²) >= 11 is 4.76. The van der Waals surface area contributed by atoms with Gasteiger partial charge in [-0.25, -0.2) is 0 Å². The van der Waals surface area contributed by atoms with Gasteiger partial charge in [0, 0.05) is 6.20 Å². The molecule has 5 heteroatoms. The maximum Gasteiger partial charge on any atom is 0.237 e. The number of thiocarbonyl (C=S) groups is 1. The maximum atomic E-state index is 10.6. The van der Waals surface area contributed by atoms with E-state index in [4.69, 9.17) is 23.7 Å². The van der Waals surface area contributed by atoms with Crippen LogP contribution in [-0.2, 0) is 11.3 Å². The zero-order valence-electron chi connectivity index (χ0n) is 6.36. The summed E-state index contributed by atoms with van der Waals surface area (Å²) in [6.07, 6.45) is 1.71. The van der Waals surface area contributed by atoms with Crippen LogP contribution >= 0.6 is 12.2 Å². The molecular weight excluding hydrogens is 174 g/mol. The third kappa shape index (κ3) is 1.82. The molecule has 0 spiro atoms. The molecule has 0 unspecified atom stereocenters. The van der Waals surface area contributed by atoms with Crippen LogP contribution in [0.25, 0.3) is 0 Å². The Hall–Kier alpha value is -1.36. The highest BCUT2D eigenvalue weighted by atomic mass is 32.1. The van der Waals surface area contributed by atoms with Gasteiger partial charge in [-0.1, -0.05) is 12.2 Å². The lowest BCUT2D eigenvalue weighted by Gasteiger charge is -2.03. The van der Waals surface area contributed by atoms with Crippen LogP contribution in [-0.4, -0.2) is 15.5 Å². The molecule has 0 bridgehead atoms. The number of hydrogen-bond donors (Lipinski definition) is 2. The van der Waals surface area contributed by atoms with Crippen LogP contribution in [0.3, 0.4) is 0 Å². The molecule has 0 atom stereocenters. The summed E-state index contributed by atoms with van der Waals surface area (Å²) in [5.41, 5.74) is 11.1. The highest BCUT2D eigenvalue weighted by molar-refractivity contribution is 7.80. The number of nitrogens with two attached hydrogens (primary N) is 2. The lowest BCUT2D eigenvalue weighted by Crippen LogP contribution is -2.22. The van der Waals surface area contributed by atoms with Crippen LogP contribution < -0.4 is 11.5 Å². The second kappa shape index (κ2) is 3.36. The minimum absolute atomic E-state index is 0.111. The summed E-state index contributed by atoms with van der Waals surface area (Å²) in [6, 6.07) is 3.50. The van der Waals surface area contributed by atoms with E-state index in [1.807, 2.05) is 0 Å². The van der Waals surface area contributed by atoms with Gasteiger partial charge in [-0.2, -0.15) is 0 Å². The van der Waals surface area contributed by atoms with Crippen molar-refractivity contribution >= 4 is 23.1 Å². The second-order valence-electron chi connectivity index (χ2n) is 2.35. The minimum atomic E-state index is -0.413. The van der Waals surface area contributed by atoms with E-state index < -0.39 is 5.91 Å². The zero-order valence-corrected chi connectivity index (χ0v) is 7.17. The van der Waals surface area contributed by atoms with Crippen LogP contribution in [0.5, 0.6) is 0 Å². The molecule has 1 rings (SSSR count). The van der Waals surface area contributed by atoms with E-state index in [2.05, 4.69) is 0 Å². The number of carbonyl (C=O) groups excluding carboxylic acids is 1. The fourth-order valence-corrected chi connectivity index (χ4v) is 1.13. The number of aromatic nitrogens is 1. The highest BCUT2D eigenvalue weighted by Gasteiger charge is 2.04. The molecule has 0 aliphatic carbocycles. The first-order valence-corrected chi connectivity index (χ1v) is 3.75. The van der Waals surface area contributed by atoms with Crippen molar-refractivity contribution < 1.29 is 4.79 Å². The van der Waals surface area contributed by atoms with Gasteiger partial charge in [0.1, 0.15) is 11.5 Å². The Bertz CT molecular complexity index is 318. The van der Waals surface area contributed by atoms with Crippen LogP contribution in [0.15, 0.2) is 18.3 Å². The standard InChI is InChI=1S/C7H9N3OS/c8-6(11)4-10-3-1-2-5(10)7(9)12/h1-3H,4H2,(H2,8,11)(H2,9,12). The molecule has 1 aromatic heterocycles. The number of nitrogens with zero attached hydrogens (tertiary/aromatic N) is 1. The van der Waals surface area contributed by atoms with E-state index >= 15 is 0 Å². The fourth-order valence-electron chi connectivity index (χ4n) is 0.944. The molecule has 0 aliphatic rings. The summed E-state index contributed by atoms with van der Waals surface area (Å²) in [5.74, 6) is -0.413. The number of amides is 1. The van der Waals surface area contributed by atoms with Crippen LogP contribution in [0.4, 0.5) is 0 Å². The first-order chi connectivity index (χ1) is 5.61. The van der Waals surface area contributed by atoms with Crippen LogP contribution in [0, 0.1) is 0 Å². The first kappa shape index (κ1) is 8.73. The van der Waals surface area contributed by atoms with Gasteiger partial charge in [0.2, 0.25) is 5.91 Å². The average molecular weight is 183 g/mol. The van der Waals surface area contributed by atoms with Crippen molar-refractivity contribution in [1.82, 2.24) is 4.57 Å². The lowest BCUT2D eigenvalue weighted by atomic mass is 10.4. The Morgan fingerprint density at radius 2 is 2.25 bits per heavy atom. The average Bonchev–Trinajstić information content (AvgIpc) is 2.33. The molecule has 64 valence electrons. The van der Waals surface area contributed by atoms with E-state index in [1.54, 1.807) is 22.9 Å². The number of carbonyl (C=O) groups is 1. The largest absolute Gasteiger partial charge is 0.388 e. The van der Waals surface area contributed by atoms with Gasteiger partial charge in [0.15, 0.2) is 0 Å². The van der Waals surface area contributed by atoms with Crippen molar-refractivity contribution in [2.24, 2.45) is 11.5 Å². The van der Waals surface area contributed by atoms with Crippen molar-refractivity contribution in [3.63, 3.8) is 0 Å². The molecule has 4 N–H and O–H groups in total. The molecule has 0 saturated heterocycles. The Labute approximate surface area is 75.1 Å². The third-order valence-electron chi connectivity index (χ3n) is 1.41. The summed E-state index contributed by atoms with van der Waals surface area (Å²) in [5, 5.41) is 0. The summed E-state index contributed by atoms with van der Waals surface area (Å²) in [4.78, 5) is 10.8. The molecule has 0 aliphatic heterocycles. The quantitative estimate of drug-likeness (QED) is 0.627. The molecule has 1 amide bonds. The predicted octanol–water partition coefficient (Wildman–Crippen LogP) is -0.392. The molecule has 0 radical (unpaired) electrons. The second-order valence-corrected chi connectivity index (χ2v) is 2.79. The van der Waals surface area contributed by atoms with Gasteiger partial charge in [-0.3, -0.25) is 4.79 Å². The summed E-state index contributed by atoms with van der Waals surface area (Å²) in [6.45, 7) is 0.111. The molecule has 1 aromatic rings. The Kier molecular flexibility index (Phi) is 2.44. The van der Waals surface area contributed by atoms with Gasteiger partial charge in [0.25, 0.3) is 0 Å². The van der Waals surface area contributed by atoms with Crippen molar-refractivity contribution in [3.05, 3.63) is 24.0 Å². The molecule has 1 heterocycles. The minimum Gasteiger partial charge on any atom is -0.388 e. The van der Waals surface area contributed by atoms with E-state index in [0.717, 1.165) is 0 Å². The zero-order chi connectivity index (χ0) is 9.14. The SMILES string of the molecule is NC(=O)Cn1cccc1C(N)=S. The van der Waals surface area contributed by atoms with E-state index in [1.165, 1.54) is 0 Å². The number of rotatable bonds is 3. The summed E-state index contributed by atoms with van der Waals surface area (Å²) < 4.78 is 1.62. The van der Waals surface area contributed by atoms with Crippen LogP contribution in [0.1, 0.15) is 5.69 Å². The van der Waals surface area contributed by atoms with Crippen molar-refractivity contribution in [1.29, 1.82) is 0 Å². The highest BCUT2D eigenvalue weighted by Crippen LogP contribution is 2.01. The van der Waals surface area contributed by atoms with Gasteiger partial charge in [-0.05, 0) is 12.1 Å². The molecule has 0 fully saturated rings. The Morgan fingerprint density at radius 1 is 1.58 bits per heavy atom. The molecule has 0 aromatic carbocycles. The number of hydrogen-bond acceptors (Lipinski definition) is 2. The van der Waals surface area contributed by atoms with Crippen molar-refractivity contribution in [3.8, 4) is 0 Å². The fraction of sp³-hybridized carbons (Fsp3) is 0.143. The van der Waals surface area contributed by atoms with Gasteiger partial charge in [0.05, 0.1) is 5.69 Å². The lowest BCUT2D eigenvalue weighted by molar-refractivity contribution is -0.118. The van der Waals surface area contributed by atoms with Gasteiger partial charge < -0.3 is 16.0 Å². The summed E-state index contributed by atoms with van der Waals surface area (Å²) in [7, 11) is 0. The van der Waals surface area contributed by atoms with Crippen LogP contribution in [0.2, 0.25) is 0 Å². The molecular formula is C7H9N3OS. The Morgan fingerprint density at radius 3 is 2.75 bits per heavy atom. The normalized spacial score (nSPS) is 9.67. The predicted molar refractivity (Wildman–Crippen MR) is 49.5 cm³/mol. The molecule has 0 saturated carbocycles. The Balaban J connectivity index is 2.91. The number of primary amides is 1. The monoisotopic (exact) mass is 183 g/mol. The maximum absolute atomic E-state index is 10.6. The van der Waals surface area contributed by atoms with E-state index in [-0.39, 0.29) is 11.5 Å². The topological polar surface area (TPSA) is 74.0 Å².